The zero-order valence-corrected chi connectivity index (χ0v) is 16.2. The van der Waals surface area contributed by atoms with Gasteiger partial charge in [-0.2, -0.15) is 5.10 Å². The second-order valence-electron chi connectivity index (χ2n) is 6.32. The summed E-state index contributed by atoms with van der Waals surface area (Å²) in [7, 11) is 1.49. The number of thiophene rings is 1. The van der Waals surface area contributed by atoms with Crippen LogP contribution >= 0.6 is 11.3 Å². The van der Waals surface area contributed by atoms with E-state index in [0.29, 0.717) is 21.9 Å². The number of rotatable bonds is 5. The average molecular weight is 386 g/mol. The molecule has 1 aliphatic rings. The molecule has 2 aromatic rings. The van der Waals surface area contributed by atoms with E-state index < -0.39 is 5.97 Å². The number of amides is 1. The number of hydrogen-bond acceptors (Lipinski definition) is 6. The molecule has 0 radical (unpaired) electrons. The lowest BCUT2D eigenvalue weighted by Gasteiger charge is -2.08. The Hall–Kier alpha value is -2.67. The summed E-state index contributed by atoms with van der Waals surface area (Å²) in [5.74, 6) is 0.137. The predicted molar refractivity (Wildman–Crippen MR) is 105 cm³/mol. The molecule has 0 unspecified atom stereocenters. The number of aryl methyl sites for hydroxylation is 2. The predicted octanol–water partition coefficient (Wildman–Crippen LogP) is 3.71. The number of benzene rings is 1. The van der Waals surface area contributed by atoms with Gasteiger partial charge in [-0.25, -0.2) is 5.43 Å². The first-order chi connectivity index (χ1) is 13.1. The minimum absolute atomic E-state index is 0.201. The highest BCUT2D eigenvalue weighted by Gasteiger charge is 2.16. The molecule has 1 aliphatic carbocycles. The molecule has 0 atom stereocenters. The molecule has 3 rings (SSSR count). The molecule has 142 valence electrons. The van der Waals surface area contributed by atoms with E-state index >= 15 is 0 Å². The van der Waals surface area contributed by atoms with E-state index in [1.165, 1.54) is 50.0 Å². The summed E-state index contributed by atoms with van der Waals surface area (Å²) in [5, 5.41) is 4.03. The first kappa shape index (κ1) is 19.1. The fraction of sp³-hybridized carbons (Fsp3) is 0.350. The van der Waals surface area contributed by atoms with E-state index in [9.17, 15) is 9.59 Å². The Morgan fingerprint density at radius 1 is 1.15 bits per heavy atom. The van der Waals surface area contributed by atoms with Crippen molar-refractivity contribution in [1.82, 2.24) is 5.43 Å². The summed E-state index contributed by atoms with van der Waals surface area (Å²) in [6.45, 7) is 1.33. The third-order valence-electron chi connectivity index (χ3n) is 4.29. The second-order valence-corrected chi connectivity index (χ2v) is 7.46. The Morgan fingerprint density at radius 2 is 1.96 bits per heavy atom. The second kappa shape index (κ2) is 8.81. The molecule has 27 heavy (non-hydrogen) atoms. The van der Waals surface area contributed by atoms with Crippen LogP contribution in [-0.2, 0) is 17.6 Å². The summed E-state index contributed by atoms with van der Waals surface area (Å²) in [6, 6.07) is 7.03. The van der Waals surface area contributed by atoms with E-state index in [1.807, 2.05) is 6.07 Å². The molecule has 0 saturated carbocycles. The van der Waals surface area contributed by atoms with Crippen LogP contribution in [0.25, 0.3) is 0 Å². The van der Waals surface area contributed by atoms with Crippen molar-refractivity contribution in [3.63, 3.8) is 0 Å². The quantitative estimate of drug-likeness (QED) is 0.279. The smallest absolute Gasteiger partial charge is 0.308 e. The molecule has 1 aromatic carbocycles. The number of carbonyl (C=O) groups excluding carboxylic acids is 2. The number of carbonyl (C=O) groups is 2. The monoisotopic (exact) mass is 386 g/mol. The zero-order chi connectivity index (χ0) is 19.2. The number of nitrogens with zero attached hydrogens (tertiary/aromatic N) is 1. The average Bonchev–Trinajstić information content (AvgIpc) is 2.93. The summed E-state index contributed by atoms with van der Waals surface area (Å²) in [6.07, 6.45) is 7.28. The van der Waals surface area contributed by atoms with Crippen LogP contribution in [0.3, 0.4) is 0 Å². The van der Waals surface area contributed by atoms with Gasteiger partial charge in [-0.05, 0) is 61.1 Å². The van der Waals surface area contributed by atoms with E-state index in [1.54, 1.807) is 29.5 Å². The van der Waals surface area contributed by atoms with Crippen molar-refractivity contribution in [3.8, 4) is 11.5 Å². The van der Waals surface area contributed by atoms with Crippen molar-refractivity contribution in [3.05, 3.63) is 45.1 Å². The maximum absolute atomic E-state index is 12.3. The molecule has 0 fully saturated rings. The van der Waals surface area contributed by atoms with Crippen LogP contribution < -0.4 is 14.9 Å². The van der Waals surface area contributed by atoms with Gasteiger partial charge in [0.05, 0.1) is 18.2 Å². The molecular weight excluding hydrogens is 364 g/mol. The number of hydrogen-bond donors (Lipinski definition) is 1. The van der Waals surface area contributed by atoms with Gasteiger partial charge in [0.1, 0.15) is 0 Å². The maximum Gasteiger partial charge on any atom is 0.308 e. The van der Waals surface area contributed by atoms with Gasteiger partial charge in [-0.15, -0.1) is 11.3 Å². The van der Waals surface area contributed by atoms with Crippen molar-refractivity contribution in [2.75, 3.05) is 7.11 Å². The minimum atomic E-state index is -0.420. The molecule has 1 heterocycles. The lowest BCUT2D eigenvalue weighted by atomic mass is 10.1. The molecule has 1 aromatic heterocycles. The molecule has 0 aliphatic heterocycles. The fourth-order valence-electron chi connectivity index (χ4n) is 3.00. The van der Waals surface area contributed by atoms with Crippen LogP contribution in [0.15, 0.2) is 29.4 Å². The third-order valence-corrected chi connectivity index (χ3v) is 5.53. The molecule has 6 nitrogen and oxygen atoms in total. The molecule has 1 amide bonds. The standard InChI is InChI=1S/C20H22N2O4S/c1-13(23)26-16-9-8-14(10-17(16)25-2)12-21-22-20(24)19-11-15-6-4-3-5-7-18(15)27-19/h8-12H,3-7H2,1-2H3,(H,22,24)/b21-12-. The molecule has 0 spiro atoms. The van der Waals surface area contributed by atoms with E-state index in [-0.39, 0.29) is 5.91 Å². The maximum atomic E-state index is 12.3. The van der Waals surface area contributed by atoms with Gasteiger partial charge >= 0.3 is 5.97 Å². The van der Waals surface area contributed by atoms with Crippen LogP contribution in [-0.4, -0.2) is 25.2 Å². The summed E-state index contributed by atoms with van der Waals surface area (Å²) >= 11 is 1.56. The number of esters is 1. The number of ether oxygens (including phenoxy) is 2. The highest BCUT2D eigenvalue weighted by molar-refractivity contribution is 7.14. The van der Waals surface area contributed by atoms with Crippen molar-refractivity contribution in [2.24, 2.45) is 5.10 Å². The largest absolute Gasteiger partial charge is 0.493 e. The van der Waals surface area contributed by atoms with Gasteiger partial charge in [-0.3, -0.25) is 9.59 Å². The number of nitrogens with one attached hydrogen (secondary N) is 1. The van der Waals surface area contributed by atoms with Crippen LogP contribution in [0.5, 0.6) is 11.5 Å². The topological polar surface area (TPSA) is 77.0 Å². The van der Waals surface area contributed by atoms with Gasteiger partial charge in [0.2, 0.25) is 0 Å². The highest BCUT2D eigenvalue weighted by Crippen LogP contribution is 2.29. The number of methoxy groups -OCH3 is 1. The van der Waals surface area contributed by atoms with Crippen molar-refractivity contribution < 1.29 is 19.1 Å². The SMILES string of the molecule is COc1cc(/C=N\NC(=O)c2cc3c(s2)CCCCC3)ccc1OC(C)=O. The van der Waals surface area contributed by atoms with Crippen molar-refractivity contribution in [1.29, 1.82) is 0 Å². The van der Waals surface area contributed by atoms with Crippen LogP contribution in [0, 0.1) is 0 Å². The van der Waals surface area contributed by atoms with E-state index in [0.717, 1.165) is 12.8 Å². The Balaban J connectivity index is 1.65. The van der Waals surface area contributed by atoms with Crippen LogP contribution in [0.2, 0.25) is 0 Å². The lowest BCUT2D eigenvalue weighted by molar-refractivity contribution is -0.132. The normalized spacial score (nSPS) is 13.7. The van der Waals surface area contributed by atoms with Gasteiger partial charge < -0.3 is 9.47 Å². The van der Waals surface area contributed by atoms with Gasteiger partial charge in [0, 0.05) is 11.8 Å². The van der Waals surface area contributed by atoms with Gasteiger partial charge in [0.25, 0.3) is 5.91 Å². The van der Waals surface area contributed by atoms with Gasteiger partial charge in [-0.1, -0.05) is 6.42 Å². The Labute approximate surface area is 162 Å². The minimum Gasteiger partial charge on any atom is -0.493 e. The first-order valence-electron chi connectivity index (χ1n) is 8.88. The summed E-state index contributed by atoms with van der Waals surface area (Å²) < 4.78 is 10.3. The van der Waals surface area contributed by atoms with Crippen molar-refractivity contribution >= 4 is 29.4 Å². The molecule has 0 saturated heterocycles. The van der Waals surface area contributed by atoms with E-state index in [4.69, 9.17) is 9.47 Å². The molecular formula is C20H22N2O4S. The zero-order valence-electron chi connectivity index (χ0n) is 15.4. The Kier molecular flexibility index (Phi) is 6.24. The Bertz CT molecular complexity index is 849. The molecule has 1 N–H and O–H groups in total. The van der Waals surface area contributed by atoms with Crippen LogP contribution in [0.4, 0.5) is 0 Å². The lowest BCUT2D eigenvalue weighted by Crippen LogP contribution is -2.16. The number of hydrazone groups is 1. The Morgan fingerprint density at radius 3 is 2.74 bits per heavy atom. The van der Waals surface area contributed by atoms with Crippen LogP contribution in [0.1, 0.15) is 51.9 Å². The highest BCUT2D eigenvalue weighted by atomic mass is 32.1. The molecule has 0 bridgehead atoms. The first-order valence-corrected chi connectivity index (χ1v) is 9.70. The summed E-state index contributed by atoms with van der Waals surface area (Å²) in [4.78, 5) is 25.5. The van der Waals surface area contributed by atoms with Crippen molar-refractivity contribution in [2.45, 2.75) is 39.0 Å². The molecule has 7 heteroatoms. The van der Waals surface area contributed by atoms with Gasteiger partial charge in [0.15, 0.2) is 11.5 Å². The third kappa shape index (κ3) is 4.95. The summed E-state index contributed by atoms with van der Waals surface area (Å²) in [5.41, 5.74) is 4.59. The number of fused-ring (bicyclic) bond motifs is 1. The fourth-order valence-corrected chi connectivity index (χ4v) is 4.15. The van der Waals surface area contributed by atoms with E-state index in [2.05, 4.69) is 10.5 Å².